The molecule has 1 aromatic heterocycles. The minimum atomic E-state index is 0.148. The molecule has 6 heteroatoms. The van der Waals surface area contributed by atoms with Crippen molar-refractivity contribution in [2.75, 3.05) is 51.2 Å². The Balaban J connectivity index is 1.42. The molecule has 2 aromatic rings. The predicted molar refractivity (Wildman–Crippen MR) is 109 cm³/mol. The average Bonchev–Trinajstić information content (AvgIpc) is 3.16. The molecule has 3 rings (SSSR count). The molecular weight excluding hydrogens is 338 g/mol. The zero-order chi connectivity index (χ0) is 19.2. The minimum absolute atomic E-state index is 0.148. The summed E-state index contributed by atoms with van der Waals surface area (Å²) in [6.45, 7) is 10.7. The number of anilines is 1. The van der Waals surface area contributed by atoms with Gasteiger partial charge in [0.2, 0.25) is 5.91 Å². The van der Waals surface area contributed by atoms with Gasteiger partial charge in [0.15, 0.2) is 0 Å². The largest absolute Gasteiger partial charge is 0.333 e. The molecule has 1 aromatic carbocycles. The molecule has 1 amide bonds. The molecule has 0 N–H and O–H groups in total. The molecule has 146 valence electrons. The fraction of sp³-hybridized carbons (Fsp3) is 0.524. The zero-order valence-electron chi connectivity index (χ0n) is 16.7. The molecule has 27 heavy (non-hydrogen) atoms. The van der Waals surface area contributed by atoms with Gasteiger partial charge in [-0.3, -0.25) is 14.6 Å². The number of para-hydroxylation sites is 1. The van der Waals surface area contributed by atoms with E-state index in [-0.39, 0.29) is 5.91 Å². The monoisotopic (exact) mass is 369 g/mol. The lowest BCUT2D eigenvalue weighted by atomic mass is 10.2. The quantitative estimate of drug-likeness (QED) is 0.751. The van der Waals surface area contributed by atoms with Crippen LogP contribution >= 0.6 is 0 Å². The molecular formula is C21H31N5O. The number of rotatable bonds is 7. The van der Waals surface area contributed by atoms with E-state index in [0.717, 1.165) is 50.8 Å². The number of aromatic nitrogens is 2. The van der Waals surface area contributed by atoms with Crippen molar-refractivity contribution in [2.45, 2.75) is 26.3 Å². The molecule has 0 saturated carbocycles. The standard InChI is InChI=1S/C21H31N5O/c1-18(2)21-22-9-10-26(21)16-15-24-11-13-25(14-12-24)17-20(27)23(3)19-7-5-4-6-8-19/h4-10,18H,11-17H2,1-3H3. The van der Waals surface area contributed by atoms with E-state index in [1.54, 1.807) is 4.90 Å². The number of piperazine rings is 1. The molecule has 0 atom stereocenters. The molecule has 0 bridgehead atoms. The number of hydrogen-bond acceptors (Lipinski definition) is 4. The number of carbonyl (C=O) groups excluding carboxylic acids is 1. The molecule has 0 radical (unpaired) electrons. The van der Waals surface area contributed by atoms with Crippen LogP contribution in [0.15, 0.2) is 42.7 Å². The third kappa shape index (κ3) is 5.17. The normalized spacial score (nSPS) is 16.0. The van der Waals surface area contributed by atoms with Crippen LogP contribution in [0.2, 0.25) is 0 Å². The maximum absolute atomic E-state index is 12.5. The Bertz CT molecular complexity index is 719. The first-order valence-corrected chi connectivity index (χ1v) is 9.82. The van der Waals surface area contributed by atoms with Crippen LogP contribution in [-0.2, 0) is 11.3 Å². The van der Waals surface area contributed by atoms with Crippen molar-refractivity contribution in [3.63, 3.8) is 0 Å². The van der Waals surface area contributed by atoms with Crippen molar-refractivity contribution in [3.05, 3.63) is 48.5 Å². The van der Waals surface area contributed by atoms with Gasteiger partial charge in [-0.1, -0.05) is 32.0 Å². The lowest BCUT2D eigenvalue weighted by Gasteiger charge is -2.35. The zero-order valence-corrected chi connectivity index (χ0v) is 16.7. The first-order chi connectivity index (χ1) is 13.0. The van der Waals surface area contributed by atoms with Crippen LogP contribution in [0.25, 0.3) is 0 Å². The van der Waals surface area contributed by atoms with Crippen LogP contribution in [0.3, 0.4) is 0 Å². The molecule has 1 fully saturated rings. The van der Waals surface area contributed by atoms with Gasteiger partial charge in [-0.25, -0.2) is 4.98 Å². The number of carbonyl (C=O) groups is 1. The number of amides is 1. The van der Waals surface area contributed by atoms with Crippen molar-refractivity contribution >= 4 is 11.6 Å². The summed E-state index contributed by atoms with van der Waals surface area (Å²) in [5, 5.41) is 0. The van der Waals surface area contributed by atoms with Crippen LogP contribution in [-0.4, -0.2) is 71.6 Å². The second kappa shape index (κ2) is 9.15. The molecule has 0 unspecified atom stereocenters. The van der Waals surface area contributed by atoms with Crippen LogP contribution in [0.5, 0.6) is 0 Å². The highest BCUT2D eigenvalue weighted by Crippen LogP contribution is 2.13. The Labute approximate surface area is 162 Å². The van der Waals surface area contributed by atoms with Crippen molar-refractivity contribution in [3.8, 4) is 0 Å². The van der Waals surface area contributed by atoms with Crippen LogP contribution in [0, 0.1) is 0 Å². The van der Waals surface area contributed by atoms with E-state index in [9.17, 15) is 4.79 Å². The lowest BCUT2D eigenvalue weighted by molar-refractivity contribution is -0.119. The lowest BCUT2D eigenvalue weighted by Crippen LogP contribution is -2.50. The Hall–Kier alpha value is -2.18. The first-order valence-electron chi connectivity index (χ1n) is 9.82. The maximum Gasteiger partial charge on any atom is 0.240 e. The first kappa shape index (κ1) is 19.6. The molecule has 6 nitrogen and oxygen atoms in total. The summed E-state index contributed by atoms with van der Waals surface area (Å²) in [6, 6.07) is 9.83. The topological polar surface area (TPSA) is 44.6 Å². The second-order valence-corrected chi connectivity index (χ2v) is 7.54. The molecule has 0 spiro atoms. The second-order valence-electron chi connectivity index (χ2n) is 7.54. The van der Waals surface area contributed by atoms with E-state index < -0.39 is 0 Å². The fourth-order valence-corrected chi connectivity index (χ4v) is 3.52. The molecule has 0 aliphatic carbocycles. The highest BCUT2D eigenvalue weighted by molar-refractivity contribution is 5.94. The van der Waals surface area contributed by atoms with E-state index in [4.69, 9.17) is 0 Å². The maximum atomic E-state index is 12.5. The van der Waals surface area contributed by atoms with E-state index in [1.165, 1.54) is 0 Å². The van der Waals surface area contributed by atoms with Gasteiger partial charge in [0, 0.05) is 70.3 Å². The average molecular weight is 370 g/mol. The third-order valence-corrected chi connectivity index (χ3v) is 5.26. The summed E-state index contributed by atoms with van der Waals surface area (Å²) in [5.74, 6) is 1.75. The van der Waals surface area contributed by atoms with Gasteiger partial charge in [0.25, 0.3) is 0 Å². The Kier molecular flexibility index (Phi) is 6.63. The van der Waals surface area contributed by atoms with Gasteiger partial charge in [0.1, 0.15) is 5.82 Å². The third-order valence-electron chi connectivity index (χ3n) is 5.26. The van der Waals surface area contributed by atoms with Crippen LogP contribution in [0.1, 0.15) is 25.6 Å². The Morgan fingerprint density at radius 2 is 1.74 bits per heavy atom. The molecule has 1 saturated heterocycles. The summed E-state index contributed by atoms with van der Waals surface area (Å²) in [6.07, 6.45) is 3.96. The summed E-state index contributed by atoms with van der Waals surface area (Å²) >= 11 is 0. The van der Waals surface area contributed by atoms with Crippen molar-refractivity contribution < 1.29 is 4.79 Å². The molecule has 2 heterocycles. The Morgan fingerprint density at radius 3 is 2.41 bits per heavy atom. The Morgan fingerprint density at radius 1 is 1.07 bits per heavy atom. The highest BCUT2D eigenvalue weighted by Gasteiger charge is 2.21. The molecule has 1 aliphatic heterocycles. The van der Waals surface area contributed by atoms with Gasteiger partial charge < -0.3 is 9.47 Å². The van der Waals surface area contributed by atoms with E-state index in [2.05, 4.69) is 39.4 Å². The fourth-order valence-electron chi connectivity index (χ4n) is 3.52. The minimum Gasteiger partial charge on any atom is -0.333 e. The number of benzene rings is 1. The number of hydrogen-bond donors (Lipinski definition) is 0. The van der Waals surface area contributed by atoms with Crippen molar-refractivity contribution in [1.82, 2.24) is 19.4 Å². The number of likely N-dealkylation sites (N-methyl/N-ethyl adjacent to an activating group) is 1. The number of nitrogens with zero attached hydrogens (tertiary/aromatic N) is 5. The van der Waals surface area contributed by atoms with Gasteiger partial charge in [0.05, 0.1) is 6.54 Å². The van der Waals surface area contributed by atoms with Crippen LogP contribution < -0.4 is 4.90 Å². The van der Waals surface area contributed by atoms with Gasteiger partial charge in [-0.2, -0.15) is 0 Å². The molecule has 1 aliphatic rings. The van der Waals surface area contributed by atoms with E-state index in [1.807, 2.05) is 43.6 Å². The van der Waals surface area contributed by atoms with Gasteiger partial charge in [-0.15, -0.1) is 0 Å². The van der Waals surface area contributed by atoms with Crippen LogP contribution in [0.4, 0.5) is 5.69 Å². The SMILES string of the molecule is CC(C)c1nccn1CCN1CCN(CC(=O)N(C)c2ccccc2)CC1. The van der Waals surface area contributed by atoms with E-state index in [0.29, 0.717) is 12.5 Å². The predicted octanol–water partition coefficient (Wildman–Crippen LogP) is 2.29. The van der Waals surface area contributed by atoms with Gasteiger partial charge in [-0.05, 0) is 12.1 Å². The van der Waals surface area contributed by atoms with Crippen molar-refractivity contribution in [2.24, 2.45) is 0 Å². The number of imidazole rings is 1. The smallest absolute Gasteiger partial charge is 0.240 e. The summed E-state index contributed by atoms with van der Waals surface area (Å²) in [4.78, 5) is 23.5. The van der Waals surface area contributed by atoms with E-state index >= 15 is 0 Å². The highest BCUT2D eigenvalue weighted by atomic mass is 16.2. The summed E-state index contributed by atoms with van der Waals surface area (Å²) in [5.41, 5.74) is 0.947. The summed E-state index contributed by atoms with van der Waals surface area (Å²) < 4.78 is 2.26. The van der Waals surface area contributed by atoms with Gasteiger partial charge >= 0.3 is 0 Å². The van der Waals surface area contributed by atoms with Crippen molar-refractivity contribution in [1.29, 1.82) is 0 Å². The summed E-state index contributed by atoms with van der Waals surface area (Å²) in [7, 11) is 1.85.